The van der Waals surface area contributed by atoms with Crippen LogP contribution in [0.1, 0.15) is 34.5 Å². The van der Waals surface area contributed by atoms with Crippen LogP contribution >= 0.6 is 0 Å². The Labute approximate surface area is 161 Å². The lowest BCUT2D eigenvalue weighted by atomic mass is 10.0. The molecule has 2 atom stereocenters. The van der Waals surface area contributed by atoms with Gasteiger partial charge in [-0.2, -0.15) is 0 Å². The number of benzene rings is 2. The molecule has 5 nitrogen and oxygen atoms in total. The van der Waals surface area contributed by atoms with Crippen molar-refractivity contribution in [3.05, 3.63) is 65.2 Å². The van der Waals surface area contributed by atoms with Gasteiger partial charge in [0.2, 0.25) is 0 Å². The molecule has 27 heavy (non-hydrogen) atoms. The van der Waals surface area contributed by atoms with Gasteiger partial charge in [0, 0.05) is 37.8 Å². The molecule has 2 unspecified atom stereocenters. The molecule has 2 N–H and O–H groups in total. The number of carbonyl (C=O) groups is 1. The standard InChI is InChI=1S/C22H28N2O3/c1-16-6-8-18(9-7-16)22-13-23-10-11-24(22)14-20(26)15-27-21-5-3-4-19(12-21)17(2)25/h3-9,12,20,22-23,26H,10-11,13-15H2,1-2H3. The molecule has 0 radical (unpaired) electrons. The van der Waals surface area contributed by atoms with Gasteiger partial charge in [-0.15, -0.1) is 0 Å². The Bertz CT molecular complexity index is 760. The lowest BCUT2D eigenvalue weighted by Crippen LogP contribution is -2.49. The molecular weight excluding hydrogens is 340 g/mol. The van der Waals surface area contributed by atoms with E-state index in [-0.39, 0.29) is 18.4 Å². The second-order valence-electron chi connectivity index (χ2n) is 7.17. The first-order valence-corrected chi connectivity index (χ1v) is 9.46. The highest BCUT2D eigenvalue weighted by Crippen LogP contribution is 2.23. The van der Waals surface area contributed by atoms with Gasteiger partial charge in [0.15, 0.2) is 5.78 Å². The molecule has 0 aromatic heterocycles. The molecule has 0 bridgehead atoms. The number of aliphatic hydroxyl groups is 1. The second kappa shape index (κ2) is 9.13. The fraction of sp³-hybridized carbons (Fsp3) is 0.409. The summed E-state index contributed by atoms with van der Waals surface area (Å²) < 4.78 is 5.71. The average molecular weight is 368 g/mol. The normalized spacial score (nSPS) is 18.9. The summed E-state index contributed by atoms with van der Waals surface area (Å²) >= 11 is 0. The number of nitrogens with one attached hydrogen (secondary N) is 1. The number of aryl methyl sites for hydroxylation is 1. The number of ether oxygens (including phenoxy) is 1. The molecule has 1 fully saturated rings. The van der Waals surface area contributed by atoms with E-state index in [1.54, 1.807) is 24.3 Å². The van der Waals surface area contributed by atoms with E-state index in [1.165, 1.54) is 18.1 Å². The minimum Gasteiger partial charge on any atom is -0.491 e. The van der Waals surface area contributed by atoms with Crippen molar-refractivity contribution >= 4 is 5.78 Å². The Morgan fingerprint density at radius 2 is 2.07 bits per heavy atom. The van der Waals surface area contributed by atoms with Crippen LogP contribution in [0.25, 0.3) is 0 Å². The summed E-state index contributed by atoms with van der Waals surface area (Å²) in [6.07, 6.45) is -0.600. The lowest BCUT2D eigenvalue weighted by Gasteiger charge is -2.37. The van der Waals surface area contributed by atoms with Crippen LogP contribution in [-0.4, -0.2) is 54.7 Å². The third-order valence-corrected chi connectivity index (χ3v) is 4.94. The summed E-state index contributed by atoms with van der Waals surface area (Å²) in [6, 6.07) is 15.9. The van der Waals surface area contributed by atoms with Crippen molar-refractivity contribution in [3.63, 3.8) is 0 Å². The van der Waals surface area contributed by atoms with Crippen LogP contribution in [0.4, 0.5) is 0 Å². The predicted molar refractivity (Wildman–Crippen MR) is 106 cm³/mol. The molecule has 2 aromatic carbocycles. The van der Waals surface area contributed by atoms with E-state index in [9.17, 15) is 9.90 Å². The Balaban J connectivity index is 1.58. The van der Waals surface area contributed by atoms with Crippen molar-refractivity contribution < 1.29 is 14.6 Å². The van der Waals surface area contributed by atoms with Gasteiger partial charge in [0.1, 0.15) is 18.5 Å². The molecule has 144 valence electrons. The highest BCUT2D eigenvalue weighted by Gasteiger charge is 2.25. The molecule has 3 rings (SSSR count). The van der Waals surface area contributed by atoms with Gasteiger partial charge >= 0.3 is 0 Å². The smallest absolute Gasteiger partial charge is 0.159 e. The van der Waals surface area contributed by atoms with Crippen molar-refractivity contribution in [2.75, 3.05) is 32.8 Å². The largest absolute Gasteiger partial charge is 0.491 e. The monoisotopic (exact) mass is 368 g/mol. The average Bonchev–Trinajstić information content (AvgIpc) is 2.68. The van der Waals surface area contributed by atoms with E-state index in [0.29, 0.717) is 17.9 Å². The molecule has 2 aromatic rings. The summed E-state index contributed by atoms with van der Waals surface area (Å²) in [5, 5.41) is 13.9. The number of hydrogen-bond acceptors (Lipinski definition) is 5. The lowest BCUT2D eigenvalue weighted by molar-refractivity contribution is 0.0436. The molecule has 1 aliphatic rings. The summed E-state index contributed by atoms with van der Waals surface area (Å²) in [5.41, 5.74) is 3.12. The predicted octanol–water partition coefficient (Wildman–Crippen LogP) is 2.58. The van der Waals surface area contributed by atoms with Gasteiger partial charge < -0.3 is 15.2 Å². The number of β-amino-alcohol motifs (C(OH)–C–C–N with tert-alkyl or cyclic N) is 1. The Morgan fingerprint density at radius 3 is 2.81 bits per heavy atom. The van der Waals surface area contributed by atoms with Gasteiger partial charge in [-0.25, -0.2) is 0 Å². The zero-order chi connectivity index (χ0) is 19.2. The maximum Gasteiger partial charge on any atom is 0.159 e. The molecule has 1 saturated heterocycles. The Hall–Kier alpha value is -2.21. The second-order valence-corrected chi connectivity index (χ2v) is 7.17. The molecular formula is C22H28N2O3. The van der Waals surface area contributed by atoms with Crippen LogP contribution in [0.3, 0.4) is 0 Å². The Morgan fingerprint density at radius 1 is 1.30 bits per heavy atom. The maximum absolute atomic E-state index is 11.5. The highest BCUT2D eigenvalue weighted by atomic mass is 16.5. The Kier molecular flexibility index (Phi) is 6.61. The van der Waals surface area contributed by atoms with Crippen LogP contribution in [0.5, 0.6) is 5.75 Å². The van der Waals surface area contributed by atoms with Crippen LogP contribution in [0, 0.1) is 6.92 Å². The number of hydrogen-bond donors (Lipinski definition) is 2. The zero-order valence-corrected chi connectivity index (χ0v) is 16.0. The maximum atomic E-state index is 11.5. The van der Waals surface area contributed by atoms with Crippen LogP contribution in [-0.2, 0) is 0 Å². The van der Waals surface area contributed by atoms with E-state index in [0.717, 1.165) is 19.6 Å². The SMILES string of the molecule is CC(=O)c1cccc(OCC(O)CN2CCNCC2c2ccc(C)cc2)c1. The number of Topliss-reactive ketones (excluding diaryl/α,β-unsaturated/α-hetero) is 1. The summed E-state index contributed by atoms with van der Waals surface area (Å²) in [6.45, 7) is 7.04. The van der Waals surface area contributed by atoms with E-state index in [2.05, 4.69) is 41.4 Å². The molecule has 1 aliphatic heterocycles. The molecule has 0 spiro atoms. The number of aliphatic hydroxyl groups excluding tert-OH is 1. The molecule has 0 saturated carbocycles. The minimum absolute atomic E-state index is 0.00255. The van der Waals surface area contributed by atoms with Crippen LogP contribution < -0.4 is 10.1 Å². The van der Waals surface area contributed by atoms with E-state index >= 15 is 0 Å². The van der Waals surface area contributed by atoms with Crippen molar-refractivity contribution in [3.8, 4) is 5.75 Å². The quantitative estimate of drug-likeness (QED) is 0.736. The number of nitrogens with zero attached hydrogens (tertiary/aromatic N) is 1. The summed E-state index contributed by atoms with van der Waals surface area (Å²) in [5.74, 6) is 0.611. The highest BCUT2D eigenvalue weighted by molar-refractivity contribution is 5.94. The van der Waals surface area contributed by atoms with Gasteiger partial charge in [-0.3, -0.25) is 9.69 Å². The van der Waals surface area contributed by atoms with E-state index in [1.807, 2.05) is 0 Å². The fourth-order valence-corrected chi connectivity index (χ4v) is 3.40. The van der Waals surface area contributed by atoms with Gasteiger partial charge in [-0.05, 0) is 31.5 Å². The number of carbonyl (C=O) groups excluding carboxylic acids is 1. The van der Waals surface area contributed by atoms with Crippen molar-refractivity contribution in [2.24, 2.45) is 0 Å². The first kappa shape index (κ1) is 19.5. The van der Waals surface area contributed by atoms with E-state index < -0.39 is 6.10 Å². The molecule has 1 heterocycles. The van der Waals surface area contributed by atoms with Gasteiger partial charge in [0.25, 0.3) is 0 Å². The van der Waals surface area contributed by atoms with Crippen molar-refractivity contribution in [1.82, 2.24) is 10.2 Å². The third kappa shape index (κ3) is 5.39. The molecule has 0 aliphatic carbocycles. The van der Waals surface area contributed by atoms with Gasteiger partial charge in [-0.1, -0.05) is 42.0 Å². The third-order valence-electron chi connectivity index (χ3n) is 4.94. The first-order valence-electron chi connectivity index (χ1n) is 9.46. The summed E-state index contributed by atoms with van der Waals surface area (Å²) in [7, 11) is 0. The van der Waals surface area contributed by atoms with Crippen molar-refractivity contribution in [1.29, 1.82) is 0 Å². The van der Waals surface area contributed by atoms with E-state index in [4.69, 9.17) is 4.74 Å². The van der Waals surface area contributed by atoms with Crippen LogP contribution in [0.2, 0.25) is 0 Å². The topological polar surface area (TPSA) is 61.8 Å². The first-order chi connectivity index (χ1) is 13.0. The number of rotatable bonds is 7. The summed E-state index contributed by atoms with van der Waals surface area (Å²) in [4.78, 5) is 13.8. The van der Waals surface area contributed by atoms with Crippen molar-refractivity contribution in [2.45, 2.75) is 26.0 Å². The molecule has 5 heteroatoms. The zero-order valence-electron chi connectivity index (χ0n) is 16.0. The van der Waals surface area contributed by atoms with Gasteiger partial charge in [0.05, 0.1) is 0 Å². The minimum atomic E-state index is -0.600. The molecule has 0 amide bonds. The number of piperazine rings is 1. The fourth-order valence-electron chi connectivity index (χ4n) is 3.40. The van der Waals surface area contributed by atoms with Crippen LogP contribution in [0.15, 0.2) is 48.5 Å². The number of ketones is 1.